The van der Waals surface area contributed by atoms with E-state index in [2.05, 4.69) is 36.4 Å². The third kappa shape index (κ3) is 2.42. The Kier molecular flexibility index (Phi) is 4.25. The standard InChI is InChI=1S/C20H18GeO/c21-19(22)20(16-10-4-1-5-11-16,17-12-6-2-7-13-17)18-14-8-3-9-15-18/h1-15H,21H3. The van der Waals surface area contributed by atoms with Gasteiger partial charge in [-0.25, -0.2) is 0 Å². The summed E-state index contributed by atoms with van der Waals surface area (Å²) in [6.07, 6.45) is 0. The van der Waals surface area contributed by atoms with Crippen molar-refractivity contribution in [2.45, 2.75) is 5.41 Å². The topological polar surface area (TPSA) is 17.1 Å². The predicted octanol–water partition coefficient (Wildman–Crippen LogP) is 2.91. The van der Waals surface area contributed by atoms with Gasteiger partial charge in [-0.15, -0.1) is 0 Å². The van der Waals surface area contributed by atoms with Crippen LogP contribution in [-0.4, -0.2) is 21.1 Å². The van der Waals surface area contributed by atoms with Crippen molar-refractivity contribution in [3.05, 3.63) is 108 Å². The van der Waals surface area contributed by atoms with Gasteiger partial charge in [0, 0.05) is 0 Å². The van der Waals surface area contributed by atoms with Gasteiger partial charge in [0.2, 0.25) is 0 Å². The van der Waals surface area contributed by atoms with E-state index in [9.17, 15) is 4.79 Å². The van der Waals surface area contributed by atoms with E-state index < -0.39 is 5.41 Å². The van der Waals surface area contributed by atoms with E-state index >= 15 is 0 Å². The molecule has 0 heterocycles. The predicted molar refractivity (Wildman–Crippen MR) is 94.2 cm³/mol. The Hall–Kier alpha value is -2.13. The van der Waals surface area contributed by atoms with E-state index in [1.807, 2.05) is 54.6 Å². The molecule has 0 spiro atoms. The van der Waals surface area contributed by atoms with E-state index in [-0.39, 0.29) is 16.5 Å². The molecule has 0 aromatic heterocycles. The summed E-state index contributed by atoms with van der Waals surface area (Å²) >= 11 is 0.0779. The van der Waals surface area contributed by atoms with Crippen molar-refractivity contribution >= 4 is 21.1 Å². The maximum absolute atomic E-state index is 13.0. The van der Waals surface area contributed by atoms with Crippen molar-refractivity contribution in [2.75, 3.05) is 0 Å². The molecule has 0 N–H and O–H groups in total. The third-order valence-corrected chi connectivity index (χ3v) is 5.72. The molecule has 0 saturated carbocycles. The van der Waals surface area contributed by atoms with Gasteiger partial charge in [0.1, 0.15) is 0 Å². The molecule has 0 aliphatic rings. The molecule has 2 heteroatoms. The van der Waals surface area contributed by atoms with E-state index in [0.717, 1.165) is 16.7 Å². The molecule has 22 heavy (non-hydrogen) atoms. The first-order valence-corrected chi connectivity index (χ1v) is 9.53. The molecule has 3 aromatic carbocycles. The Morgan fingerprint density at radius 3 is 1.09 bits per heavy atom. The third-order valence-electron chi connectivity index (χ3n) is 4.15. The first-order valence-electron chi connectivity index (χ1n) is 7.44. The SMILES string of the molecule is O=[C]([GeH3])C(c1ccccc1)(c1ccccc1)c1ccccc1. The van der Waals surface area contributed by atoms with Crippen LogP contribution in [0.5, 0.6) is 0 Å². The molecule has 0 atom stereocenters. The molecule has 0 aliphatic carbocycles. The summed E-state index contributed by atoms with van der Waals surface area (Å²) in [5, 5.41) is 0. The fourth-order valence-corrected chi connectivity index (χ4v) is 4.99. The van der Waals surface area contributed by atoms with Gasteiger partial charge in [-0.05, 0) is 0 Å². The molecule has 0 radical (unpaired) electrons. The van der Waals surface area contributed by atoms with Crippen molar-refractivity contribution < 1.29 is 4.79 Å². The molecule has 0 aliphatic heterocycles. The van der Waals surface area contributed by atoms with Crippen LogP contribution in [0.3, 0.4) is 0 Å². The second-order valence-electron chi connectivity index (χ2n) is 5.40. The molecule has 0 fully saturated rings. The molecule has 0 saturated heterocycles. The van der Waals surface area contributed by atoms with Crippen LogP contribution in [0.1, 0.15) is 16.7 Å². The summed E-state index contributed by atoms with van der Waals surface area (Å²) in [6.45, 7) is 0. The minimum absolute atomic E-state index is 0.0779. The average molecular weight is 347 g/mol. The van der Waals surface area contributed by atoms with Gasteiger partial charge < -0.3 is 0 Å². The normalized spacial score (nSPS) is 11.3. The fraction of sp³-hybridized carbons (Fsp3) is 0.0500. The van der Waals surface area contributed by atoms with Gasteiger partial charge in [-0.1, -0.05) is 0 Å². The van der Waals surface area contributed by atoms with Crippen LogP contribution in [0.15, 0.2) is 91.0 Å². The zero-order valence-corrected chi connectivity index (χ0v) is 16.8. The van der Waals surface area contributed by atoms with Gasteiger partial charge in [0.05, 0.1) is 0 Å². The van der Waals surface area contributed by atoms with Crippen LogP contribution in [0.2, 0.25) is 0 Å². The number of hydrogen-bond donors (Lipinski definition) is 0. The van der Waals surface area contributed by atoms with E-state index in [4.69, 9.17) is 0 Å². The molecule has 0 amide bonds. The number of carbonyl (C=O) groups is 1. The molecular weight excluding hydrogens is 329 g/mol. The van der Waals surface area contributed by atoms with Crippen LogP contribution >= 0.6 is 0 Å². The van der Waals surface area contributed by atoms with Crippen LogP contribution in [0.4, 0.5) is 0 Å². The Balaban J connectivity index is 2.37. The second-order valence-corrected chi connectivity index (χ2v) is 7.31. The summed E-state index contributed by atoms with van der Waals surface area (Å²) in [7, 11) is 0. The second kappa shape index (κ2) is 6.33. The Morgan fingerprint density at radius 2 is 0.864 bits per heavy atom. The summed E-state index contributed by atoms with van der Waals surface area (Å²) < 4.78 is 0.309. The van der Waals surface area contributed by atoms with Crippen molar-refractivity contribution in [1.82, 2.24) is 0 Å². The molecule has 3 rings (SSSR count). The van der Waals surface area contributed by atoms with Gasteiger partial charge in [0.25, 0.3) is 0 Å². The fourth-order valence-electron chi connectivity index (χ4n) is 3.17. The molecule has 0 bridgehead atoms. The molecule has 0 unspecified atom stereocenters. The number of hydrogen-bond acceptors (Lipinski definition) is 1. The zero-order chi connectivity index (χ0) is 15.4. The van der Waals surface area contributed by atoms with Crippen molar-refractivity contribution in [3.63, 3.8) is 0 Å². The summed E-state index contributed by atoms with van der Waals surface area (Å²) in [5.74, 6) is 0. The van der Waals surface area contributed by atoms with Gasteiger partial charge in [-0.2, -0.15) is 0 Å². The van der Waals surface area contributed by atoms with Crippen molar-refractivity contribution in [1.29, 1.82) is 0 Å². The first-order chi connectivity index (χ1) is 10.8. The molecular formula is C20H18GeO. The van der Waals surface area contributed by atoms with Gasteiger partial charge >= 0.3 is 139 Å². The maximum atomic E-state index is 13.0. The van der Waals surface area contributed by atoms with Gasteiger partial charge in [0.15, 0.2) is 0 Å². The van der Waals surface area contributed by atoms with Crippen LogP contribution in [0, 0.1) is 0 Å². The van der Waals surface area contributed by atoms with Crippen LogP contribution in [-0.2, 0) is 10.2 Å². The molecule has 108 valence electrons. The average Bonchev–Trinajstić information content (AvgIpc) is 2.58. The molecule has 3 aromatic rings. The zero-order valence-electron chi connectivity index (χ0n) is 12.6. The number of benzene rings is 3. The molecule has 1 nitrogen and oxygen atoms in total. The van der Waals surface area contributed by atoms with Gasteiger partial charge in [-0.3, -0.25) is 0 Å². The Bertz CT molecular complexity index is 655. The Labute approximate surface area is 139 Å². The summed E-state index contributed by atoms with van der Waals surface area (Å²) in [4.78, 5) is 13.0. The van der Waals surface area contributed by atoms with Crippen molar-refractivity contribution in [2.24, 2.45) is 0 Å². The van der Waals surface area contributed by atoms with Crippen LogP contribution in [0.25, 0.3) is 0 Å². The number of carbonyl (C=O) groups excluding carboxylic acids is 1. The van der Waals surface area contributed by atoms with E-state index in [0.29, 0.717) is 4.62 Å². The van der Waals surface area contributed by atoms with E-state index in [1.165, 1.54) is 0 Å². The first kappa shape index (κ1) is 14.8. The summed E-state index contributed by atoms with van der Waals surface area (Å²) in [5.41, 5.74) is 2.46. The quantitative estimate of drug-likeness (QED) is 0.524. The Morgan fingerprint density at radius 1 is 0.591 bits per heavy atom. The minimum atomic E-state index is -0.677. The monoisotopic (exact) mass is 348 g/mol. The van der Waals surface area contributed by atoms with Crippen molar-refractivity contribution in [3.8, 4) is 0 Å². The van der Waals surface area contributed by atoms with E-state index in [1.54, 1.807) is 0 Å². The van der Waals surface area contributed by atoms with Crippen LogP contribution < -0.4 is 0 Å². The summed E-state index contributed by atoms with van der Waals surface area (Å²) in [6, 6.07) is 30.4. The number of rotatable bonds is 4.